The van der Waals surface area contributed by atoms with Gasteiger partial charge in [-0.15, -0.1) is 10.2 Å². The number of methoxy groups -OCH3 is 1. The molecule has 2 aromatic rings. The number of hydrogen-bond acceptors (Lipinski definition) is 5. The first-order valence-corrected chi connectivity index (χ1v) is 8.44. The van der Waals surface area contributed by atoms with Gasteiger partial charge in [-0.1, -0.05) is 17.7 Å². The van der Waals surface area contributed by atoms with Crippen molar-refractivity contribution in [3.05, 3.63) is 40.7 Å². The Bertz CT molecular complexity index is 684. The number of aryl methyl sites for hydroxylation is 1. The second-order valence-corrected chi connectivity index (χ2v) is 5.86. The van der Waals surface area contributed by atoms with E-state index in [4.69, 9.17) is 16.3 Å². The minimum atomic E-state index is 0.447. The zero-order valence-corrected chi connectivity index (χ0v) is 15.5. The lowest BCUT2D eigenvalue weighted by atomic mass is 10.2. The minimum absolute atomic E-state index is 0.447. The Kier molecular flexibility index (Phi) is 7.62. The molecule has 0 spiro atoms. The third-order valence-corrected chi connectivity index (χ3v) is 3.88. The molecule has 0 aliphatic rings. The normalized spacial score (nSPS) is 11.6. The van der Waals surface area contributed by atoms with Crippen LogP contribution >= 0.6 is 11.6 Å². The van der Waals surface area contributed by atoms with E-state index in [-0.39, 0.29) is 0 Å². The second kappa shape index (κ2) is 9.95. The molecule has 2 aromatic heterocycles. The predicted octanol–water partition coefficient (Wildman–Crippen LogP) is 1.10. The Morgan fingerprint density at radius 2 is 2.08 bits per heavy atom. The summed E-state index contributed by atoms with van der Waals surface area (Å²) in [6.45, 7) is 4.35. The quantitative estimate of drug-likeness (QED) is 0.315. The summed E-state index contributed by atoms with van der Waals surface area (Å²) < 4.78 is 7.00. The van der Waals surface area contributed by atoms with Gasteiger partial charge in [0.2, 0.25) is 0 Å². The van der Waals surface area contributed by atoms with Gasteiger partial charge >= 0.3 is 0 Å². The first kappa shape index (κ1) is 19.1. The van der Waals surface area contributed by atoms with E-state index in [0.717, 1.165) is 30.2 Å². The van der Waals surface area contributed by atoms with Crippen LogP contribution in [0.25, 0.3) is 0 Å². The van der Waals surface area contributed by atoms with Crippen LogP contribution in [-0.2, 0) is 24.8 Å². The molecule has 0 radical (unpaired) electrons. The molecule has 0 saturated carbocycles. The summed E-state index contributed by atoms with van der Waals surface area (Å²) in [5.41, 5.74) is 1.11. The molecule has 8 nitrogen and oxygen atoms in total. The average Bonchev–Trinajstić information content (AvgIpc) is 2.93. The molecule has 9 heteroatoms. The van der Waals surface area contributed by atoms with E-state index in [1.54, 1.807) is 19.4 Å². The van der Waals surface area contributed by atoms with Crippen LogP contribution in [0, 0.1) is 6.92 Å². The molecule has 2 heterocycles. The van der Waals surface area contributed by atoms with Crippen molar-refractivity contribution in [1.29, 1.82) is 0 Å². The Morgan fingerprint density at radius 1 is 1.28 bits per heavy atom. The van der Waals surface area contributed by atoms with Crippen molar-refractivity contribution in [2.24, 2.45) is 12.0 Å². The maximum Gasteiger partial charge on any atom is 0.191 e. The Hall–Kier alpha value is -2.19. The number of nitrogens with one attached hydrogen (secondary N) is 2. The number of pyridine rings is 1. The van der Waals surface area contributed by atoms with Crippen molar-refractivity contribution < 1.29 is 4.74 Å². The van der Waals surface area contributed by atoms with E-state index in [1.165, 1.54) is 0 Å². The first-order valence-electron chi connectivity index (χ1n) is 8.06. The van der Waals surface area contributed by atoms with Crippen LogP contribution in [0.1, 0.15) is 17.2 Å². The third kappa shape index (κ3) is 6.32. The summed E-state index contributed by atoms with van der Waals surface area (Å²) in [6.07, 6.45) is 2.60. The Labute approximate surface area is 152 Å². The number of rotatable bonds is 8. The number of aliphatic imine (C=N–C) groups is 1. The maximum atomic E-state index is 5.80. The van der Waals surface area contributed by atoms with Crippen LogP contribution in [0.5, 0.6) is 0 Å². The van der Waals surface area contributed by atoms with Crippen molar-refractivity contribution in [2.45, 2.75) is 19.9 Å². The van der Waals surface area contributed by atoms with Gasteiger partial charge in [0.25, 0.3) is 0 Å². The van der Waals surface area contributed by atoms with Gasteiger partial charge < -0.3 is 19.9 Å². The number of nitrogens with zero attached hydrogens (tertiary/aromatic N) is 5. The molecule has 0 saturated heterocycles. The Morgan fingerprint density at radius 3 is 2.72 bits per heavy atom. The second-order valence-electron chi connectivity index (χ2n) is 5.47. The molecular weight excluding hydrogens is 342 g/mol. The van der Waals surface area contributed by atoms with Crippen LogP contribution in [0.15, 0.2) is 23.3 Å². The lowest BCUT2D eigenvalue weighted by Crippen LogP contribution is -2.40. The smallest absolute Gasteiger partial charge is 0.191 e. The number of ether oxygens (including phenoxy) is 1. The summed E-state index contributed by atoms with van der Waals surface area (Å²) in [5, 5.41) is 15.2. The van der Waals surface area contributed by atoms with Crippen LogP contribution in [0.3, 0.4) is 0 Å². The van der Waals surface area contributed by atoms with Gasteiger partial charge in [-0.2, -0.15) is 0 Å². The summed E-state index contributed by atoms with van der Waals surface area (Å²) in [6, 6.07) is 3.76. The van der Waals surface area contributed by atoms with E-state index in [9.17, 15) is 0 Å². The van der Waals surface area contributed by atoms with E-state index in [0.29, 0.717) is 30.8 Å². The monoisotopic (exact) mass is 365 g/mol. The number of aromatic nitrogens is 4. The average molecular weight is 366 g/mol. The van der Waals surface area contributed by atoms with Gasteiger partial charge in [0.15, 0.2) is 11.8 Å². The summed E-state index contributed by atoms with van der Waals surface area (Å²) in [5.74, 6) is 2.38. The van der Waals surface area contributed by atoms with Crippen LogP contribution in [0.2, 0.25) is 5.15 Å². The molecule has 2 rings (SSSR count). The van der Waals surface area contributed by atoms with Gasteiger partial charge in [0.1, 0.15) is 17.5 Å². The topological polar surface area (TPSA) is 89.2 Å². The number of hydrogen-bond donors (Lipinski definition) is 2. The van der Waals surface area contributed by atoms with Crippen molar-refractivity contribution in [3.63, 3.8) is 0 Å². The standard InChI is InChI=1S/C16H24ClN7O/c1-12-22-23-15(24(12)2)11-21-16(19-8-9-25-3)18-7-6-13-4-5-14(17)20-10-13/h4-5,10H,6-9,11H2,1-3H3,(H2,18,19,21). The zero-order chi connectivity index (χ0) is 18.1. The highest BCUT2D eigenvalue weighted by Crippen LogP contribution is 2.05. The van der Waals surface area contributed by atoms with Crippen LogP contribution < -0.4 is 10.6 Å². The third-order valence-electron chi connectivity index (χ3n) is 3.65. The summed E-state index contributed by atoms with van der Waals surface area (Å²) in [4.78, 5) is 8.65. The molecule has 0 aliphatic carbocycles. The fraction of sp³-hybridized carbons (Fsp3) is 0.500. The molecule has 0 atom stereocenters. The number of guanidine groups is 1. The van der Waals surface area contributed by atoms with Gasteiger partial charge in [0, 0.05) is 33.4 Å². The van der Waals surface area contributed by atoms with Gasteiger partial charge in [-0.05, 0) is 25.0 Å². The highest BCUT2D eigenvalue weighted by Gasteiger charge is 2.05. The number of halogens is 1. The largest absolute Gasteiger partial charge is 0.383 e. The van der Waals surface area contributed by atoms with E-state index >= 15 is 0 Å². The van der Waals surface area contributed by atoms with Crippen molar-refractivity contribution in [1.82, 2.24) is 30.4 Å². The minimum Gasteiger partial charge on any atom is -0.383 e. The predicted molar refractivity (Wildman–Crippen MR) is 97.7 cm³/mol. The van der Waals surface area contributed by atoms with Crippen LogP contribution in [0.4, 0.5) is 0 Å². The molecule has 0 fully saturated rings. The van der Waals surface area contributed by atoms with E-state index < -0.39 is 0 Å². The lowest BCUT2D eigenvalue weighted by Gasteiger charge is -2.12. The molecule has 0 aliphatic heterocycles. The molecule has 0 amide bonds. The summed E-state index contributed by atoms with van der Waals surface area (Å²) in [7, 11) is 3.60. The van der Waals surface area contributed by atoms with Gasteiger partial charge in [-0.25, -0.2) is 9.98 Å². The van der Waals surface area contributed by atoms with E-state index in [1.807, 2.05) is 24.6 Å². The molecule has 2 N–H and O–H groups in total. The molecule has 25 heavy (non-hydrogen) atoms. The maximum absolute atomic E-state index is 5.80. The first-order chi connectivity index (χ1) is 12.1. The molecule has 0 aromatic carbocycles. The highest BCUT2D eigenvalue weighted by atomic mass is 35.5. The van der Waals surface area contributed by atoms with Gasteiger partial charge in [0.05, 0.1) is 6.61 Å². The molecule has 0 bridgehead atoms. The van der Waals surface area contributed by atoms with Crippen molar-refractivity contribution in [2.75, 3.05) is 26.8 Å². The lowest BCUT2D eigenvalue weighted by molar-refractivity contribution is 0.203. The fourth-order valence-corrected chi connectivity index (χ4v) is 2.18. The SMILES string of the molecule is COCCNC(=NCc1nnc(C)n1C)NCCc1ccc(Cl)nc1. The Balaban J connectivity index is 1.90. The van der Waals surface area contributed by atoms with Crippen molar-refractivity contribution >= 4 is 17.6 Å². The zero-order valence-electron chi connectivity index (χ0n) is 14.8. The van der Waals surface area contributed by atoms with Crippen molar-refractivity contribution in [3.8, 4) is 0 Å². The van der Waals surface area contributed by atoms with Gasteiger partial charge in [-0.3, -0.25) is 0 Å². The fourth-order valence-electron chi connectivity index (χ4n) is 2.06. The van der Waals surface area contributed by atoms with Crippen LogP contribution in [-0.4, -0.2) is 52.5 Å². The molecular formula is C16H24ClN7O. The summed E-state index contributed by atoms with van der Waals surface area (Å²) >= 11 is 5.80. The molecule has 0 unspecified atom stereocenters. The molecule has 136 valence electrons. The highest BCUT2D eigenvalue weighted by molar-refractivity contribution is 6.29. The van der Waals surface area contributed by atoms with E-state index in [2.05, 4.69) is 30.8 Å².